The summed E-state index contributed by atoms with van der Waals surface area (Å²) in [5, 5.41) is 11.8. The zero-order valence-electron chi connectivity index (χ0n) is 11.6. The maximum Gasteiger partial charge on any atom is 0.319 e. The molecule has 0 spiro atoms. The van der Waals surface area contributed by atoms with Crippen molar-refractivity contribution in [1.29, 1.82) is 0 Å². The molecule has 1 aliphatic carbocycles. The van der Waals surface area contributed by atoms with Crippen molar-refractivity contribution in [3.8, 4) is 11.5 Å². The van der Waals surface area contributed by atoms with Gasteiger partial charge in [0.15, 0.2) is 11.5 Å². The van der Waals surface area contributed by atoms with Crippen LogP contribution < -0.4 is 14.8 Å². The molecule has 6 nitrogen and oxygen atoms in total. The van der Waals surface area contributed by atoms with E-state index in [4.69, 9.17) is 14.6 Å². The number of carbonyl (C=O) groups excluding carboxylic acids is 1. The molecule has 1 amide bonds. The second kappa shape index (κ2) is 5.27. The van der Waals surface area contributed by atoms with E-state index in [2.05, 4.69) is 5.32 Å². The molecule has 0 unspecified atom stereocenters. The molecule has 1 aliphatic heterocycles. The summed E-state index contributed by atoms with van der Waals surface area (Å²) in [5.74, 6) is -0.178. The zero-order chi connectivity index (χ0) is 14.9. The van der Waals surface area contributed by atoms with Crippen LogP contribution in [0.3, 0.4) is 0 Å². The molecule has 0 aromatic heterocycles. The van der Waals surface area contributed by atoms with E-state index in [1.165, 1.54) is 0 Å². The van der Waals surface area contributed by atoms with Crippen LogP contribution in [0.2, 0.25) is 0 Å². The molecule has 0 saturated heterocycles. The van der Waals surface area contributed by atoms with Gasteiger partial charge in [0.2, 0.25) is 5.91 Å². The van der Waals surface area contributed by atoms with Gasteiger partial charge < -0.3 is 19.9 Å². The van der Waals surface area contributed by atoms with Crippen molar-refractivity contribution in [3.05, 3.63) is 23.8 Å². The first-order valence-electron chi connectivity index (χ1n) is 7.03. The Labute approximate surface area is 122 Å². The van der Waals surface area contributed by atoms with E-state index >= 15 is 0 Å². The monoisotopic (exact) mass is 291 g/mol. The van der Waals surface area contributed by atoms with Crippen LogP contribution in [0.5, 0.6) is 11.5 Å². The van der Waals surface area contributed by atoms with Gasteiger partial charge in [-0.05, 0) is 18.9 Å². The number of carboxylic acid groups (broad SMARTS) is 1. The summed E-state index contributed by atoms with van der Waals surface area (Å²) in [7, 11) is 0. The van der Waals surface area contributed by atoms with E-state index in [1.807, 2.05) is 18.2 Å². The molecule has 1 heterocycles. The minimum Gasteiger partial charge on any atom is -0.490 e. The van der Waals surface area contributed by atoms with Gasteiger partial charge in [-0.2, -0.15) is 0 Å². The van der Waals surface area contributed by atoms with Gasteiger partial charge in [0, 0.05) is 18.5 Å². The number of hydrogen-bond donors (Lipinski definition) is 2. The normalized spacial score (nSPS) is 18.5. The molecule has 1 fully saturated rings. The van der Waals surface area contributed by atoms with Crippen molar-refractivity contribution < 1.29 is 24.2 Å². The average Bonchev–Trinajstić information content (AvgIpc) is 3.28. The largest absolute Gasteiger partial charge is 0.490 e. The van der Waals surface area contributed by atoms with Crippen LogP contribution >= 0.6 is 0 Å². The number of fused-ring (bicyclic) bond motifs is 1. The van der Waals surface area contributed by atoms with Gasteiger partial charge in [0.05, 0.1) is 13.2 Å². The van der Waals surface area contributed by atoms with E-state index in [0.29, 0.717) is 37.6 Å². The second-order valence-electron chi connectivity index (χ2n) is 5.36. The summed E-state index contributed by atoms with van der Waals surface area (Å²) in [6, 6.07) is 5.50. The molecule has 112 valence electrons. The van der Waals surface area contributed by atoms with Gasteiger partial charge >= 0.3 is 5.97 Å². The minimum absolute atomic E-state index is 0.237. The molecule has 0 atom stereocenters. The van der Waals surface area contributed by atoms with Crippen LogP contribution in [0.25, 0.3) is 0 Å². The van der Waals surface area contributed by atoms with Crippen molar-refractivity contribution in [1.82, 2.24) is 5.32 Å². The summed E-state index contributed by atoms with van der Waals surface area (Å²) < 4.78 is 11.2. The van der Waals surface area contributed by atoms with Gasteiger partial charge in [0.1, 0.15) is 5.41 Å². The lowest BCUT2D eigenvalue weighted by molar-refractivity contribution is -0.149. The average molecular weight is 291 g/mol. The van der Waals surface area contributed by atoms with Crippen LogP contribution in [0.1, 0.15) is 24.8 Å². The molecule has 21 heavy (non-hydrogen) atoms. The van der Waals surface area contributed by atoms with Gasteiger partial charge in [0.25, 0.3) is 0 Å². The number of hydrogen-bond acceptors (Lipinski definition) is 4. The Morgan fingerprint density at radius 3 is 2.71 bits per heavy atom. The quantitative estimate of drug-likeness (QED) is 0.817. The van der Waals surface area contributed by atoms with E-state index in [1.54, 1.807) is 0 Å². The first-order chi connectivity index (χ1) is 10.1. The predicted molar refractivity (Wildman–Crippen MR) is 73.2 cm³/mol. The first-order valence-corrected chi connectivity index (χ1v) is 7.03. The molecule has 0 radical (unpaired) electrons. The van der Waals surface area contributed by atoms with E-state index in [-0.39, 0.29) is 6.54 Å². The molecule has 0 bridgehead atoms. The van der Waals surface area contributed by atoms with Crippen LogP contribution in [0, 0.1) is 5.41 Å². The number of rotatable bonds is 4. The molecular formula is C15H17NO5. The Balaban J connectivity index is 1.71. The first kappa shape index (κ1) is 13.7. The van der Waals surface area contributed by atoms with Crippen molar-refractivity contribution in [2.24, 2.45) is 5.41 Å². The molecular weight excluding hydrogens is 274 g/mol. The van der Waals surface area contributed by atoms with E-state index in [0.717, 1.165) is 12.0 Å². The molecule has 3 rings (SSSR count). The zero-order valence-corrected chi connectivity index (χ0v) is 11.6. The lowest BCUT2D eigenvalue weighted by Gasteiger charge is -2.14. The number of para-hydroxylation sites is 1. The summed E-state index contributed by atoms with van der Waals surface area (Å²) in [6.45, 7) is 1.41. The Bertz CT molecular complexity index is 579. The number of nitrogens with one attached hydrogen (secondary N) is 1. The standard InChI is InChI=1S/C15H17NO5/c17-13(15(5-6-15)14(18)19)16-9-10-3-1-4-11-12(10)21-8-2-7-20-11/h1,3-4H,2,5-9H2,(H,16,17)(H,18,19). The number of aliphatic carboxylic acids is 1. The number of ether oxygens (including phenoxy) is 2. The van der Waals surface area contributed by atoms with Crippen LogP contribution in [-0.4, -0.2) is 30.2 Å². The van der Waals surface area contributed by atoms with E-state index < -0.39 is 17.3 Å². The topological polar surface area (TPSA) is 84.9 Å². The number of benzene rings is 1. The Hall–Kier alpha value is -2.24. The fourth-order valence-corrected chi connectivity index (χ4v) is 2.40. The minimum atomic E-state index is -1.22. The lowest BCUT2D eigenvalue weighted by Crippen LogP contribution is -2.36. The molecule has 2 N–H and O–H groups in total. The summed E-state index contributed by atoms with van der Waals surface area (Å²) in [4.78, 5) is 23.1. The Morgan fingerprint density at radius 1 is 1.24 bits per heavy atom. The van der Waals surface area contributed by atoms with Crippen molar-refractivity contribution in [2.45, 2.75) is 25.8 Å². The molecule has 1 aromatic carbocycles. The van der Waals surface area contributed by atoms with Gasteiger partial charge in [-0.3, -0.25) is 9.59 Å². The summed E-state index contributed by atoms with van der Waals surface area (Å²) in [6.07, 6.45) is 1.62. The van der Waals surface area contributed by atoms with Crippen LogP contribution in [-0.2, 0) is 16.1 Å². The van der Waals surface area contributed by atoms with Crippen LogP contribution in [0.15, 0.2) is 18.2 Å². The molecule has 2 aliphatic rings. The van der Waals surface area contributed by atoms with Crippen molar-refractivity contribution in [2.75, 3.05) is 13.2 Å². The number of carboxylic acids is 1. The SMILES string of the molecule is O=C(O)C1(C(=O)NCc2cccc3c2OCCCO3)CC1. The summed E-state index contributed by atoms with van der Waals surface area (Å²) >= 11 is 0. The number of carbonyl (C=O) groups is 2. The van der Waals surface area contributed by atoms with Crippen molar-refractivity contribution >= 4 is 11.9 Å². The predicted octanol–water partition coefficient (Wildman–Crippen LogP) is 1.33. The third-order valence-corrected chi connectivity index (χ3v) is 3.89. The molecule has 1 aromatic rings. The lowest BCUT2D eigenvalue weighted by atomic mass is 10.1. The maximum absolute atomic E-state index is 12.0. The van der Waals surface area contributed by atoms with Gasteiger partial charge in [-0.25, -0.2) is 0 Å². The third kappa shape index (κ3) is 2.53. The highest BCUT2D eigenvalue weighted by molar-refractivity contribution is 6.04. The van der Waals surface area contributed by atoms with Crippen molar-refractivity contribution in [3.63, 3.8) is 0 Å². The molecule has 1 saturated carbocycles. The van der Waals surface area contributed by atoms with E-state index in [9.17, 15) is 9.59 Å². The second-order valence-corrected chi connectivity index (χ2v) is 5.36. The number of amides is 1. The maximum atomic E-state index is 12.0. The van der Waals surface area contributed by atoms with Gasteiger partial charge in [-0.1, -0.05) is 12.1 Å². The molecule has 6 heteroatoms. The fraction of sp³-hybridized carbons (Fsp3) is 0.467. The summed E-state index contributed by atoms with van der Waals surface area (Å²) in [5.41, 5.74) is -0.424. The third-order valence-electron chi connectivity index (χ3n) is 3.89. The van der Waals surface area contributed by atoms with Gasteiger partial charge in [-0.15, -0.1) is 0 Å². The smallest absolute Gasteiger partial charge is 0.319 e. The highest BCUT2D eigenvalue weighted by Gasteiger charge is 2.56. The Morgan fingerprint density at radius 2 is 2.00 bits per heavy atom. The van der Waals surface area contributed by atoms with Crippen LogP contribution in [0.4, 0.5) is 0 Å². The highest BCUT2D eigenvalue weighted by atomic mass is 16.5. The Kier molecular flexibility index (Phi) is 3.45. The highest BCUT2D eigenvalue weighted by Crippen LogP contribution is 2.46. The fourth-order valence-electron chi connectivity index (χ4n) is 2.40.